The molecule has 1 N–H and O–H groups in total. The van der Waals surface area contributed by atoms with Gasteiger partial charge in [-0.1, -0.05) is 41.9 Å². The number of thiazole rings is 1. The highest BCUT2D eigenvalue weighted by atomic mass is 35.5. The van der Waals surface area contributed by atoms with Gasteiger partial charge in [-0.25, -0.2) is 13.4 Å². The van der Waals surface area contributed by atoms with Crippen LogP contribution in [0.3, 0.4) is 0 Å². The Morgan fingerprint density at radius 1 is 1.19 bits per heavy atom. The maximum absolute atomic E-state index is 12.6. The van der Waals surface area contributed by atoms with E-state index in [1.54, 1.807) is 31.2 Å². The number of carbonyl (C=O) groups excluding carboxylic acids is 1. The summed E-state index contributed by atoms with van der Waals surface area (Å²) >= 11 is 7.43. The van der Waals surface area contributed by atoms with Crippen LogP contribution in [0.5, 0.6) is 0 Å². The van der Waals surface area contributed by atoms with Gasteiger partial charge in [-0.2, -0.15) is 0 Å². The number of hydrogen-bond donors (Lipinski definition) is 1. The van der Waals surface area contributed by atoms with Crippen LogP contribution in [0.25, 0.3) is 10.6 Å². The first kappa shape index (κ1) is 19.5. The molecule has 3 rings (SSSR count). The second-order valence-electron chi connectivity index (χ2n) is 6.12. The molecule has 0 aliphatic heterocycles. The van der Waals surface area contributed by atoms with Crippen LogP contribution in [0.4, 0.5) is 5.69 Å². The van der Waals surface area contributed by atoms with Gasteiger partial charge in [-0.05, 0) is 30.2 Å². The fourth-order valence-corrected chi connectivity index (χ4v) is 4.59. The van der Waals surface area contributed by atoms with E-state index in [9.17, 15) is 13.2 Å². The Balaban J connectivity index is 1.83. The number of halogens is 1. The number of aromatic nitrogens is 1. The van der Waals surface area contributed by atoms with Crippen LogP contribution in [-0.4, -0.2) is 25.6 Å². The van der Waals surface area contributed by atoms with E-state index >= 15 is 0 Å². The van der Waals surface area contributed by atoms with Gasteiger partial charge in [0.2, 0.25) is 0 Å². The fourth-order valence-electron chi connectivity index (χ4n) is 2.58. The first-order chi connectivity index (χ1) is 12.7. The number of anilines is 1. The lowest BCUT2D eigenvalue weighted by Crippen LogP contribution is -2.12. The maximum atomic E-state index is 12.6. The van der Waals surface area contributed by atoms with Gasteiger partial charge in [0.15, 0.2) is 9.84 Å². The van der Waals surface area contributed by atoms with Crippen LogP contribution in [-0.2, 0) is 15.6 Å². The van der Waals surface area contributed by atoms with Crippen LogP contribution in [0, 0.1) is 6.92 Å². The first-order valence-electron chi connectivity index (χ1n) is 8.03. The molecule has 1 amide bonds. The normalized spacial score (nSPS) is 11.4. The van der Waals surface area contributed by atoms with Crippen LogP contribution in [0.2, 0.25) is 5.02 Å². The van der Waals surface area contributed by atoms with E-state index in [0.29, 0.717) is 26.2 Å². The van der Waals surface area contributed by atoms with Gasteiger partial charge in [-0.15, -0.1) is 11.3 Å². The molecule has 0 fully saturated rings. The van der Waals surface area contributed by atoms with Crippen LogP contribution < -0.4 is 5.32 Å². The fraction of sp³-hybridized carbons (Fsp3) is 0.158. The van der Waals surface area contributed by atoms with Crippen LogP contribution in [0.1, 0.15) is 20.8 Å². The quantitative estimate of drug-likeness (QED) is 0.656. The summed E-state index contributed by atoms with van der Waals surface area (Å²) in [6, 6.07) is 12.5. The van der Waals surface area contributed by atoms with Crippen LogP contribution >= 0.6 is 22.9 Å². The summed E-state index contributed by atoms with van der Waals surface area (Å²) in [5.41, 5.74) is 2.74. The summed E-state index contributed by atoms with van der Waals surface area (Å²) in [4.78, 5) is 17.3. The van der Waals surface area contributed by atoms with E-state index in [0.717, 1.165) is 11.1 Å². The van der Waals surface area contributed by atoms with Gasteiger partial charge in [0.1, 0.15) is 9.88 Å². The van der Waals surface area contributed by atoms with Crippen molar-refractivity contribution >= 4 is 44.4 Å². The molecule has 0 aliphatic rings. The zero-order valence-corrected chi connectivity index (χ0v) is 17.1. The van der Waals surface area contributed by atoms with Crippen molar-refractivity contribution in [2.75, 3.05) is 11.6 Å². The van der Waals surface area contributed by atoms with Crippen molar-refractivity contribution in [1.29, 1.82) is 0 Å². The van der Waals surface area contributed by atoms with Crippen molar-refractivity contribution in [3.05, 3.63) is 69.7 Å². The minimum atomic E-state index is -3.16. The Morgan fingerprint density at radius 3 is 2.63 bits per heavy atom. The Labute approximate surface area is 167 Å². The number of hydrogen-bond acceptors (Lipinski definition) is 5. The molecule has 27 heavy (non-hydrogen) atoms. The van der Waals surface area contributed by atoms with Gasteiger partial charge in [0, 0.05) is 17.5 Å². The molecule has 0 unspecified atom stereocenters. The molecule has 140 valence electrons. The molecule has 0 saturated carbocycles. The largest absolute Gasteiger partial charge is 0.321 e. The van der Waals surface area contributed by atoms with Crippen molar-refractivity contribution in [1.82, 2.24) is 4.98 Å². The zero-order valence-electron chi connectivity index (χ0n) is 14.7. The van der Waals surface area contributed by atoms with Crippen molar-refractivity contribution < 1.29 is 13.2 Å². The minimum Gasteiger partial charge on any atom is -0.321 e. The third-order valence-electron chi connectivity index (χ3n) is 3.95. The van der Waals surface area contributed by atoms with E-state index in [-0.39, 0.29) is 11.7 Å². The average molecular weight is 421 g/mol. The highest BCUT2D eigenvalue weighted by molar-refractivity contribution is 7.89. The van der Waals surface area contributed by atoms with Gasteiger partial charge in [-0.3, -0.25) is 4.79 Å². The number of benzene rings is 2. The van der Waals surface area contributed by atoms with Crippen molar-refractivity contribution in [2.24, 2.45) is 0 Å². The van der Waals surface area contributed by atoms with Gasteiger partial charge in [0.25, 0.3) is 5.91 Å². The number of carbonyl (C=O) groups is 1. The van der Waals surface area contributed by atoms with Crippen molar-refractivity contribution in [3.63, 3.8) is 0 Å². The second kappa shape index (κ2) is 7.80. The smallest absolute Gasteiger partial charge is 0.267 e. The van der Waals surface area contributed by atoms with E-state index in [4.69, 9.17) is 11.6 Å². The molecule has 0 saturated heterocycles. The second-order valence-corrected chi connectivity index (χ2v) is 9.70. The molecule has 0 spiro atoms. The maximum Gasteiger partial charge on any atom is 0.267 e. The van der Waals surface area contributed by atoms with E-state index in [2.05, 4.69) is 10.3 Å². The molecule has 1 heterocycles. The Morgan fingerprint density at radius 2 is 1.93 bits per heavy atom. The monoisotopic (exact) mass is 420 g/mol. The summed E-state index contributed by atoms with van der Waals surface area (Å²) < 4.78 is 23.1. The van der Waals surface area contributed by atoms with Crippen molar-refractivity contribution in [3.8, 4) is 10.6 Å². The Hall–Kier alpha value is -2.22. The van der Waals surface area contributed by atoms with Gasteiger partial charge >= 0.3 is 0 Å². The van der Waals surface area contributed by atoms with Gasteiger partial charge < -0.3 is 5.32 Å². The van der Waals surface area contributed by atoms with Gasteiger partial charge in [0.05, 0.1) is 17.0 Å². The number of amides is 1. The lowest BCUT2D eigenvalue weighted by atomic mass is 10.1. The molecule has 5 nitrogen and oxygen atoms in total. The predicted molar refractivity (Wildman–Crippen MR) is 110 cm³/mol. The number of rotatable bonds is 5. The Bertz CT molecular complexity index is 1110. The standard InChI is InChI=1S/C19H17ClN2O3S2/c1-12-13(11-27(2,24)25)6-5-9-16(12)22-18(23)17-10-21-19(26-17)14-7-3-4-8-15(14)20/h3-10H,11H2,1-2H3,(H,22,23). The highest BCUT2D eigenvalue weighted by Gasteiger charge is 2.16. The number of sulfone groups is 1. The third kappa shape index (κ3) is 4.74. The lowest BCUT2D eigenvalue weighted by Gasteiger charge is -2.11. The minimum absolute atomic E-state index is 0.0697. The lowest BCUT2D eigenvalue weighted by molar-refractivity contribution is 0.103. The SMILES string of the molecule is Cc1c(CS(C)(=O)=O)cccc1NC(=O)c1cnc(-c2ccccc2Cl)s1. The molecule has 8 heteroatoms. The number of nitrogens with zero attached hydrogens (tertiary/aromatic N) is 1. The molecule has 3 aromatic rings. The van der Waals surface area contributed by atoms with Crippen LogP contribution in [0.15, 0.2) is 48.7 Å². The number of nitrogens with one attached hydrogen (secondary N) is 1. The zero-order chi connectivity index (χ0) is 19.6. The molecule has 0 radical (unpaired) electrons. The van der Waals surface area contributed by atoms with Crippen molar-refractivity contribution in [2.45, 2.75) is 12.7 Å². The molecule has 2 aromatic carbocycles. The summed E-state index contributed by atoms with van der Waals surface area (Å²) in [5.74, 6) is -0.370. The predicted octanol–water partition coefficient (Wildman–Crippen LogP) is 4.57. The molecule has 0 bridgehead atoms. The first-order valence-corrected chi connectivity index (χ1v) is 11.3. The molecular formula is C19H17ClN2O3S2. The molecule has 1 aromatic heterocycles. The molecular weight excluding hydrogens is 404 g/mol. The summed E-state index contributed by atoms with van der Waals surface area (Å²) in [6.45, 7) is 1.79. The van der Waals surface area contributed by atoms with E-state index in [1.165, 1.54) is 23.8 Å². The third-order valence-corrected chi connectivity index (χ3v) is 6.14. The molecule has 0 atom stereocenters. The van der Waals surface area contributed by atoms with E-state index in [1.807, 2.05) is 18.2 Å². The summed E-state index contributed by atoms with van der Waals surface area (Å²) in [6.07, 6.45) is 2.69. The topological polar surface area (TPSA) is 76.1 Å². The summed E-state index contributed by atoms with van der Waals surface area (Å²) in [7, 11) is -3.16. The summed E-state index contributed by atoms with van der Waals surface area (Å²) in [5, 5.41) is 4.07. The Kier molecular flexibility index (Phi) is 5.64. The van der Waals surface area contributed by atoms with E-state index < -0.39 is 9.84 Å². The average Bonchev–Trinajstić information content (AvgIpc) is 3.07. The molecule has 0 aliphatic carbocycles. The highest BCUT2D eigenvalue weighted by Crippen LogP contribution is 2.31.